The molecule has 0 N–H and O–H groups in total. The highest BCUT2D eigenvalue weighted by Gasteiger charge is 2.28. The summed E-state index contributed by atoms with van der Waals surface area (Å²) in [6.07, 6.45) is 1.75. The average molecular weight is 486 g/mol. The fraction of sp³-hybridized carbons (Fsp3) is 0.333. The number of esters is 1. The maximum atomic E-state index is 12.4. The topological polar surface area (TPSA) is 69.0 Å². The minimum absolute atomic E-state index is 0.00714. The van der Waals surface area contributed by atoms with Crippen molar-refractivity contribution >= 4 is 38.8 Å². The minimum atomic E-state index is -0.202. The molecule has 4 rings (SSSR count). The first kappa shape index (κ1) is 21.4. The number of likely N-dealkylation sites (tertiary alicyclic amines) is 1. The number of carbonyl (C=O) groups is 2. The normalized spacial score (nSPS) is 14.5. The molecular formula is C24H24BrNO5. The molecule has 162 valence electrons. The Labute approximate surface area is 189 Å². The van der Waals surface area contributed by atoms with E-state index in [1.54, 1.807) is 4.90 Å². The molecule has 1 fully saturated rings. The number of halogens is 1. The third-order valence-electron chi connectivity index (χ3n) is 5.41. The van der Waals surface area contributed by atoms with Crippen LogP contribution in [0.5, 0.6) is 5.75 Å². The van der Waals surface area contributed by atoms with Crippen molar-refractivity contribution in [3.8, 4) is 5.75 Å². The molecule has 2 aromatic carbocycles. The molecular weight excluding hydrogens is 462 g/mol. The minimum Gasteiger partial charge on any atom is -0.484 e. The fourth-order valence-corrected chi connectivity index (χ4v) is 4.06. The number of hydrogen-bond acceptors (Lipinski definition) is 5. The largest absolute Gasteiger partial charge is 0.484 e. The van der Waals surface area contributed by atoms with Crippen molar-refractivity contribution in [3.63, 3.8) is 0 Å². The molecule has 0 radical (unpaired) electrons. The predicted octanol–water partition coefficient (Wildman–Crippen LogP) is 4.60. The number of rotatable bonds is 7. The van der Waals surface area contributed by atoms with E-state index in [9.17, 15) is 9.59 Å². The fourth-order valence-electron chi connectivity index (χ4n) is 3.68. The van der Waals surface area contributed by atoms with Crippen molar-refractivity contribution < 1.29 is 23.5 Å². The summed E-state index contributed by atoms with van der Waals surface area (Å²) >= 11 is 3.45. The molecule has 7 heteroatoms. The zero-order valence-electron chi connectivity index (χ0n) is 17.1. The van der Waals surface area contributed by atoms with E-state index in [-0.39, 0.29) is 31.0 Å². The van der Waals surface area contributed by atoms with Gasteiger partial charge in [0.2, 0.25) is 0 Å². The van der Waals surface area contributed by atoms with Crippen molar-refractivity contribution in [2.24, 2.45) is 5.92 Å². The van der Waals surface area contributed by atoms with Crippen LogP contribution in [0.4, 0.5) is 0 Å². The number of fused-ring (bicyclic) bond motifs is 1. The lowest BCUT2D eigenvalue weighted by Crippen LogP contribution is -2.42. The second-order valence-electron chi connectivity index (χ2n) is 7.57. The number of hydrogen-bond donors (Lipinski definition) is 0. The van der Waals surface area contributed by atoms with Gasteiger partial charge in [-0.15, -0.1) is 0 Å². The van der Waals surface area contributed by atoms with Crippen molar-refractivity contribution in [2.45, 2.75) is 19.3 Å². The Morgan fingerprint density at radius 3 is 2.61 bits per heavy atom. The maximum absolute atomic E-state index is 12.4. The second-order valence-corrected chi connectivity index (χ2v) is 8.48. The number of furan rings is 1. The van der Waals surface area contributed by atoms with Crippen LogP contribution in [-0.4, -0.2) is 43.1 Å². The number of piperidine rings is 1. The first-order valence-electron chi connectivity index (χ1n) is 10.4. The monoisotopic (exact) mass is 485 g/mol. The molecule has 31 heavy (non-hydrogen) atoms. The third kappa shape index (κ3) is 5.67. The molecule has 0 spiro atoms. The van der Waals surface area contributed by atoms with Crippen LogP contribution in [0.25, 0.3) is 11.0 Å². The lowest BCUT2D eigenvalue weighted by atomic mass is 9.97. The summed E-state index contributed by atoms with van der Waals surface area (Å²) in [6.45, 7) is 1.36. The summed E-state index contributed by atoms with van der Waals surface area (Å²) in [5.74, 6) is 1.02. The summed E-state index contributed by atoms with van der Waals surface area (Å²) < 4.78 is 17.8. The van der Waals surface area contributed by atoms with Gasteiger partial charge < -0.3 is 18.8 Å². The molecule has 3 aromatic rings. The van der Waals surface area contributed by atoms with E-state index in [1.807, 2.05) is 54.6 Å². The summed E-state index contributed by atoms with van der Waals surface area (Å²) in [4.78, 5) is 26.5. The number of carbonyl (C=O) groups excluding carboxylic acids is 2. The zero-order chi connectivity index (χ0) is 21.6. The standard InChI is InChI=1S/C24H24BrNO5/c25-19-6-7-22-18(14-19)15-21(31-22)10-13-29-24(28)17-8-11-26(12-9-17)23(27)16-30-20-4-2-1-3-5-20/h1-7,14-15,17H,8-13,16H2. The molecule has 1 aliphatic heterocycles. The Hall–Kier alpha value is -2.80. The number of benzene rings is 2. The van der Waals surface area contributed by atoms with Gasteiger partial charge in [0.05, 0.1) is 12.5 Å². The van der Waals surface area contributed by atoms with E-state index in [1.165, 1.54) is 0 Å². The highest BCUT2D eigenvalue weighted by atomic mass is 79.9. The lowest BCUT2D eigenvalue weighted by Gasteiger charge is -2.30. The number of nitrogens with zero attached hydrogens (tertiary/aromatic N) is 1. The molecule has 1 aliphatic rings. The Balaban J connectivity index is 1.18. The third-order valence-corrected chi connectivity index (χ3v) is 5.90. The van der Waals surface area contributed by atoms with Crippen LogP contribution in [0.15, 0.2) is 63.5 Å². The molecule has 0 saturated carbocycles. The molecule has 0 unspecified atom stereocenters. The Bertz CT molecular complexity index is 1040. The van der Waals surface area contributed by atoms with E-state index in [2.05, 4.69) is 15.9 Å². The summed E-state index contributed by atoms with van der Waals surface area (Å²) in [7, 11) is 0. The molecule has 1 aromatic heterocycles. The van der Waals surface area contributed by atoms with Crippen molar-refractivity contribution in [3.05, 3.63) is 64.8 Å². The SMILES string of the molecule is O=C(OCCc1cc2cc(Br)ccc2o1)C1CCN(C(=O)COc2ccccc2)CC1. The maximum Gasteiger partial charge on any atom is 0.309 e. The zero-order valence-corrected chi connectivity index (χ0v) is 18.7. The molecule has 0 atom stereocenters. The van der Waals surface area contributed by atoms with Gasteiger partial charge in [-0.05, 0) is 49.2 Å². The number of ether oxygens (including phenoxy) is 2. The van der Waals surface area contributed by atoms with E-state index in [4.69, 9.17) is 13.9 Å². The lowest BCUT2D eigenvalue weighted by molar-refractivity contribution is -0.151. The van der Waals surface area contributed by atoms with Gasteiger partial charge in [-0.25, -0.2) is 0 Å². The van der Waals surface area contributed by atoms with Crippen molar-refractivity contribution in [2.75, 3.05) is 26.3 Å². The van der Waals surface area contributed by atoms with Gasteiger partial charge in [0, 0.05) is 29.4 Å². The number of amides is 1. The molecule has 0 bridgehead atoms. The Morgan fingerprint density at radius 2 is 1.84 bits per heavy atom. The van der Waals surface area contributed by atoms with Crippen LogP contribution >= 0.6 is 15.9 Å². The van der Waals surface area contributed by atoms with Gasteiger partial charge in [0.25, 0.3) is 5.91 Å². The first-order chi connectivity index (χ1) is 15.1. The average Bonchev–Trinajstić information content (AvgIpc) is 3.20. The van der Waals surface area contributed by atoms with Gasteiger partial charge in [-0.2, -0.15) is 0 Å². The highest BCUT2D eigenvalue weighted by molar-refractivity contribution is 9.10. The highest BCUT2D eigenvalue weighted by Crippen LogP contribution is 2.24. The van der Waals surface area contributed by atoms with E-state index < -0.39 is 0 Å². The molecule has 1 amide bonds. The quantitative estimate of drug-likeness (QED) is 0.457. The summed E-state index contributed by atoms with van der Waals surface area (Å²) in [5, 5.41) is 1.02. The molecule has 6 nitrogen and oxygen atoms in total. The van der Waals surface area contributed by atoms with Crippen molar-refractivity contribution in [1.29, 1.82) is 0 Å². The van der Waals surface area contributed by atoms with Gasteiger partial charge in [0.15, 0.2) is 6.61 Å². The van der Waals surface area contributed by atoms with Crippen LogP contribution in [0, 0.1) is 5.92 Å². The van der Waals surface area contributed by atoms with Crippen LogP contribution < -0.4 is 4.74 Å². The Morgan fingerprint density at radius 1 is 1.06 bits per heavy atom. The van der Waals surface area contributed by atoms with E-state index >= 15 is 0 Å². The smallest absolute Gasteiger partial charge is 0.309 e. The Kier molecular flexibility index (Phi) is 6.92. The molecule has 0 aliphatic carbocycles. The van der Waals surface area contributed by atoms with Crippen LogP contribution in [0.3, 0.4) is 0 Å². The first-order valence-corrected chi connectivity index (χ1v) is 11.2. The van der Waals surface area contributed by atoms with Crippen molar-refractivity contribution in [1.82, 2.24) is 4.90 Å². The van der Waals surface area contributed by atoms with E-state index in [0.29, 0.717) is 38.1 Å². The van der Waals surface area contributed by atoms with E-state index in [0.717, 1.165) is 21.2 Å². The van der Waals surface area contributed by atoms with Crippen LogP contribution in [0.2, 0.25) is 0 Å². The van der Waals surface area contributed by atoms with Gasteiger partial charge in [-0.1, -0.05) is 34.1 Å². The van der Waals surface area contributed by atoms with Gasteiger partial charge in [-0.3, -0.25) is 9.59 Å². The molecule has 1 saturated heterocycles. The number of para-hydroxylation sites is 1. The van der Waals surface area contributed by atoms with Crippen LogP contribution in [-0.2, 0) is 20.7 Å². The van der Waals surface area contributed by atoms with Gasteiger partial charge >= 0.3 is 5.97 Å². The molecule has 2 heterocycles. The predicted molar refractivity (Wildman–Crippen MR) is 120 cm³/mol. The van der Waals surface area contributed by atoms with Crippen LogP contribution in [0.1, 0.15) is 18.6 Å². The second kappa shape index (κ2) is 10.0. The van der Waals surface area contributed by atoms with Gasteiger partial charge in [0.1, 0.15) is 17.1 Å². The summed E-state index contributed by atoms with van der Waals surface area (Å²) in [5.41, 5.74) is 0.817. The summed E-state index contributed by atoms with van der Waals surface area (Å²) in [6, 6.07) is 17.1.